The molecular formula is C36H42N2O9. The molecule has 3 aromatic rings. The second-order valence-electron chi connectivity index (χ2n) is 12.4. The van der Waals surface area contributed by atoms with E-state index in [2.05, 4.69) is 10.6 Å². The molecular weight excluding hydrogens is 604 g/mol. The van der Waals surface area contributed by atoms with E-state index in [-0.39, 0.29) is 32.3 Å². The first-order valence-corrected chi connectivity index (χ1v) is 15.3. The highest BCUT2D eigenvalue weighted by Crippen LogP contribution is 2.28. The fourth-order valence-corrected chi connectivity index (χ4v) is 5.09. The summed E-state index contributed by atoms with van der Waals surface area (Å²) in [7, 11) is 0. The molecule has 11 heteroatoms. The highest BCUT2D eigenvalue weighted by molar-refractivity contribution is 5.95. The molecule has 0 aliphatic rings. The van der Waals surface area contributed by atoms with E-state index in [1.54, 1.807) is 112 Å². The molecule has 0 fully saturated rings. The van der Waals surface area contributed by atoms with Crippen molar-refractivity contribution in [2.45, 2.75) is 82.6 Å². The van der Waals surface area contributed by atoms with E-state index >= 15 is 0 Å². The van der Waals surface area contributed by atoms with Gasteiger partial charge in [-0.1, -0.05) is 91.0 Å². The van der Waals surface area contributed by atoms with Gasteiger partial charge in [0.25, 0.3) is 0 Å². The normalized spacial score (nSPS) is 13.7. The van der Waals surface area contributed by atoms with Gasteiger partial charge in [-0.2, -0.15) is 0 Å². The van der Waals surface area contributed by atoms with Crippen molar-refractivity contribution < 1.29 is 43.7 Å². The van der Waals surface area contributed by atoms with Gasteiger partial charge in [-0.25, -0.2) is 9.59 Å². The van der Waals surface area contributed by atoms with Crippen LogP contribution in [-0.2, 0) is 48.1 Å². The minimum atomic E-state index is -1.94. The molecule has 0 saturated heterocycles. The summed E-state index contributed by atoms with van der Waals surface area (Å²) >= 11 is 0. The van der Waals surface area contributed by atoms with Crippen LogP contribution in [0.1, 0.15) is 63.1 Å². The van der Waals surface area contributed by atoms with Crippen molar-refractivity contribution in [2.75, 3.05) is 0 Å². The lowest BCUT2D eigenvalue weighted by Crippen LogP contribution is -2.67. The summed E-state index contributed by atoms with van der Waals surface area (Å²) in [5.74, 6) is -4.21. The van der Waals surface area contributed by atoms with Crippen LogP contribution in [0.15, 0.2) is 91.0 Å². The number of nitrogens with one attached hydrogen (secondary N) is 2. The van der Waals surface area contributed by atoms with Gasteiger partial charge in [0.05, 0.1) is 0 Å². The third-order valence-corrected chi connectivity index (χ3v) is 7.36. The number of carbonyl (C=O) groups is 5. The van der Waals surface area contributed by atoms with E-state index < -0.39 is 59.4 Å². The van der Waals surface area contributed by atoms with E-state index in [0.717, 1.165) is 0 Å². The quantitative estimate of drug-likeness (QED) is 0.155. The second kappa shape index (κ2) is 16.4. The van der Waals surface area contributed by atoms with Gasteiger partial charge in [-0.05, 0) is 50.3 Å². The Balaban J connectivity index is 2.15. The summed E-state index contributed by atoms with van der Waals surface area (Å²) in [5, 5.41) is 24.8. The lowest BCUT2D eigenvalue weighted by molar-refractivity contribution is -0.157. The monoisotopic (exact) mass is 646 g/mol. The van der Waals surface area contributed by atoms with Crippen LogP contribution >= 0.6 is 0 Å². The standard InChI is InChI=1S/C36H42N2O9/c1-34(2,3)47-33(45)38-35(21-19-29(39)40,23-26-13-7-4-8-14-26)31(43)37-36(22-20-30(41)42,24-27-15-9-5-10-16-27)32(44)46-25-28-17-11-6-12-18-28/h4-18H,19-25H2,1-3H3,(H,37,43)(H,38,45)(H,39,40)(H,41,42)/t35-,36-/m0/s1. The van der Waals surface area contributed by atoms with Crippen LogP contribution in [-0.4, -0.2) is 56.8 Å². The average Bonchev–Trinajstić information content (AvgIpc) is 3.01. The third kappa shape index (κ3) is 11.6. The largest absolute Gasteiger partial charge is 0.481 e. The number of carbonyl (C=O) groups excluding carboxylic acids is 3. The molecule has 2 atom stereocenters. The van der Waals surface area contributed by atoms with Crippen LogP contribution in [0.5, 0.6) is 0 Å². The van der Waals surface area contributed by atoms with Crippen molar-refractivity contribution in [2.24, 2.45) is 0 Å². The van der Waals surface area contributed by atoms with Crippen molar-refractivity contribution in [3.63, 3.8) is 0 Å². The summed E-state index contributed by atoms with van der Waals surface area (Å²) in [6, 6.07) is 26.2. The molecule has 0 heterocycles. The van der Waals surface area contributed by atoms with Crippen molar-refractivity contribution in [1.82, 2.24) is 10.6 Å². The average molecular weight is 647 g/mol. The number of carboxylic acids is 2. The number of benzene rings is 3. The number of esters is 1. The topological polar surface area (TPSA) is 168 Å². The number of alkyl carbamates (subject to hydrolysis) is 1. The predicted octanol–water partition coefficient (Wildman–Crippen LogP) is 5.06. The van der Waals surface area contributed by atoms with Crippen molar-refractivity contribution in [3.8, 4) is 0 Å². The molecule has 250 valence electrons. The minimum absolute atomic E-state index is 0.146. The molecule has 3 aromatic carbocycles. The lowest BCUT2D eigenvalue weighted by Gasteiger charge is -2.39. The van der Waals surface area contributed by atoms with E-state index in [1.807, 2.05) is 0 Å². The fraction of sp³-hybridized carbons (Fsp3) is 0.361. The lowest BCUT2D eigenvalue weighted by atomic mass is 9.81. The molecule has 2 amide bonds. The number of amides is 2. The third-order valence-electron chi connectivity index (χ3n) is 7.36. The van der Waals surface area contributed by atoms with Crippen molar-refractivity contribution in [3.05, 3.63) is 108 Å². The Morgan fingerprint density at radius 3 is 1.49 bits per heavy atom. The van der Waals surface area contributed by atoms with Gasteiger partial charge in [0.2, 0.25) is 5.91 Å². The number of rotatable bonds is 16. The molecule has 3 rings (SSSR count). The first-order valence-electron chi connectivity index (χ1n) is 15.3. The first-order chi connectivity index (χ1) is 22.2. The first kappa shape index (κ1) is 36.3. The number of aliphatic carboxylic acids is 2. The molecule has 0 spiro atoms. The molecule has 0 saturated carbocycles. The summed E-state index contributed by atoms with van der Waals surface area (Å²) in [6.45, 7) is 4.77. The second-order valence-corrected chi connectivity index (χ2v) is 12.4. The Morgan fingerprint density at radius 1 is 0.617 bits per heavy atom. The summed E-state index contributed by atoms with van der Waals surface area (Å²) < 4.78 is 11.2. The van der Waals surface area contributed by atoms with Gasteiger partial charge < -0.3 is 30.3 Å². The Hall–Kier alpha value is -5.19. The van der Waals surface area contributed by atoms with Crippen LogP contribution in [0.3, 0.4) is 0 Å². The van der Waals surface area contributed by atoms with Crippen LogP contribution < -0.4 is 10.6 Å². The zero-order valence-electron chi connectivity index (χ0n) is 26.9. The fourth-order valence-electron chi connectivity index (χ4n) is 5.09. The molecule has 0 radical (unpaired) electrons. The number of carboxylic acid groups (broad SMARTS) is 2. The number of hydrogen-bond donors (Lipinski definition) is 4. The SMILES string of the molecule is CC(C)(C)OC(=O)N[C@@](CCC(=O)O)(Cc1ccccc1)C(=O)N[C@@](CCC(=O)O)(Cc1ccccc1)C(=O)OCc1ccccc1. The van der Waals surface area contributed by atoms with E-state index in [4.69, 9.17) is 9.47 Å². The Kier molecular flexibility index (Phi) is 12.7. The molecule has 11 nitrogen and oxygen atoms in total. The number of ether oxygens (including phenoxy) is 2. The Labute approximate surface area is 274 Å². The zero-order valence-corrected chi connectivity index (χ0v) is 26.9. The Bertz CT molecular complexity index is 1510. The predicted molar refractivity (Wildman–Crippen MR) is 173 cm³/mol. The number of hydrogen-bond acceptors (Lipinski definition) is 7. The van der Waals surface area contributed by atoms with Gasteiger partial charge in [-0.15, -0.1) is 0 Å². The van der Waals surface area contributed by atoms with Crippen LogP contribution in [0.4, 0.5) is 4.79 Å². The maximum absolute atomic E-state index is 14.7. The molecule has 47 heavy (non-hydrogen) atoms. The van der Waals surface area contributed by atoms with Gasteiger partial charge in [0.1, 0.15) is 23.3 Å². The molecule has 4 N–H and O–H groups in total. The smallest absolute Gasteiger partial charge is 0.408 e. The highest BCUT2D eigenvalue weighted by Gasteiger charge is 2.49. The van der Waals surface area contributed by atoms with Gasteiger partial charge in [0.15, 0.2) is 0 Å². The van der Waals surface area contributed by atoms with Gasteiger partial charge in [0, 0.05) is 25.7 Å². The van der Waals surface area contributed by atoms with Gasteiger partial charge in [-0.3, -0.25) is 14.4 Å². The maximum atomic E-state index is 14.7. The van der Waals surface area contributed by atoms with Crippen LogP contribution in [0.25, 0.3) is 0 Å². The van der Waals surface area contributed by atoms with Crippen molar-refractivity contribution >= 4 is 29.9 Å². The minimum Gasteiger partial charge on any atom is -0.481 e. The maximum Gasteiger partial charge on any atom is 0.408 e. The molecule has 0 bridgehead atoms. The summed E-state index contributed by atoms with van der Waals surface area (Å²) in [5.41, 5.74) is -2.94. The molecule has 0 unspecified atom stereocenters. The zero-order chi connectivity index (χ0) is 34.5. The van der Waals surface area contributed by atoms with Crippen LogP contribution in [0.2, 0.25) is 0 Å². The summed E-state index contributed by atoms with van der Waals surface area (Å²) in [6.07, 6.45) is -3.03. The summed E-state index contributed by atoms with van der Waals surface area (Å²) in [4.78, 5) is 65.8. The van der Waals surface area contributed by atoms with E-state index in [1.165, 1.54) is 0 Å². The molecule has 0 aliphatic carbocycles. The van der Waals surface area contributed by atoms with E-state index in [0.29, 0.717) is 16.7 Å². The Morgan fingerprint density at radius 2 is 1.04 bits per heavy atom. The van der Waals surface area contributed by atoms with Crippen LogP contribution in [0, 0.1) is 0 Å². The molecule has 0 aliphatic heterocycles. The van der Waals surface area contributed by atoms with Crippen molar-refractivity contribution in [1.29, 1.82) is 0 Å². The van der Waals surface area contributed by atoms with Gasteiger partial charge >= 0.3 is 24.0 Å². The molecule has 0 aromatic heterocycles. The van der Waals surface area contributed by atoms with E-state index in [9.17, 15) is 34.2 Å². The highest BCUT2D eigenvalue weighted by atomic mass is 16.6.